The molecule has 9 nitrogen and oxygen atoms in total. The highest BCUT2D eigenvalue weighted by molar-refractivity contribution is 5.52. The zero-order valence-electron chi connectivity index (χ0n) is 12.2. The molecule has 0 fully saturated rings. The number of ether oxygens (including phenoxy) is 1. The molecular weight excluding hydrogens is 288 g/mol. The lowest BCUT2D eigenvalue weighted by atomic mass is 10.2. The molecule has 4 N–H and O–H groups in total. The zero-order valence-corrected chi connectivity index (χ0v) is 12.2. The van der Waals surface area contributed by atoms with Gasteiger partial charge >= 0.3 is 0 Å². The Morgan fingerprint density at radius 1 is 1.50 bits per heavy atom. The molecule has 0 bridgehead atoms. The van der Waals surface area contributed by atoms with Crippen molar-refractivity contribution in [1.82, 2.24) is 14.8 Å². The SMILES string of the molecule is Cc1ncn(-c2ccc([N+](=O)[O-])cc2OCCC(N)CN)n1. The monoisotopic (exact) mass is 306 g/mol. The molecule has 0 aliphatic rings. The van der Waals surface area contributed by atoms with Crippen LogP contribution in [0.1, 0.15) is 12.2 Å². The van der Waals surface area contributed by atoms with Crippen LogP contribution >= 0.6 is 0 Å². The molecule has 1 atom stereocenters. The number of benzene rings is 1. The second-order valence-corrected chi connectivity index (χ2v) is 4.78. The van der Waals surface area contributed by atoms with Gasteiger partial charge in [-0.2, -0.15) is 5.10 Å². The van der Waals surface area contributed by atoms with Crippen LogP contribution in [0.4, 0.5) is 5.69 Å². The van der Waals surface area contributed by atoms with Crippen LogP contribution in [0.15, 0.2) is 24.5 Å². The van der Waals surface area contributed by atoms with Gasteiger partial charge in [-0.05, 0) is 19.4 Å². The maximum atomic E-state index is 10.9. The Morgan fingerprint density at radius 2 is 2.27 bits per heavy atom. The zero-order chi connectivity index (χ0) is 16.1. The Balaban J connectivity index is 2.26. The van der Waals surface area contributed by atoms with Crippen molar-refractivity contribution < 1.29 is 9.66 Å². The number of rotatable bonds is 7. The van der Waals surface area contributed by atoms with Gasteiger partial charge in [0.15, 0.2) is 5.75 Å². The van der Waals surface area contributed by atoms with Gasteiger partial charge in [-0.3, -0.25) is 10.1 Å². The van der Waals surface area contributed by atoms with Gasteiger partial charge in [-0.15, -0.1) is 0 Å². The number of hydrogen-bond donors (Lipinski definition) is 2. The fraction of sp³-hybridized carbons (Fsp3) is 0.385. The Hall–Kier alpha value is -2.52. The average molecular weight is 306 g/mol. The van der Waals surface area contributed by atoms with Gasteiger partial charge in [0.1, 0.15) is 17.8 Å². The largest absolute Gasteiger partial charge is 0.491 e. The molecule has 0 spiro atoms. The van der Waals surface area contributed by atoms with E-state index in [2.05, 4.69) is 10.1 Å². The Morgan fingerprint density at radius 3 is 2.86 bits per heavy atom. The first-order valence-corrected chi connectivity index (χ1v) is 6.76. The molecule has 1 heterocycles. The summed E-state index contributed by atoms with van der Waals surface area (Å²) in [5, 5.41) is 15.1. The van der Waals surface area contributed by atoms with Gasteiger partial charge in [0.2, 0.25) is 0 Å². The average Bonchev–Trinajstić information content (AvgIpc) is 2.93. The van der Waals surface area contributed by atoms with Crippen LogP contribution in [-0.2, 0) is 0 Å². The number of aryl methyl sites for hydroxylation is 1. The molecule has 9 heteroatoms. The lowest BCUT2D eigenvalue weighted by Gasteiger charge is -2.13. The van der Waals surface area contributed by atoms with E-state index in [1.807, 2.05) is 0 Å². The smallest absolute Gasteiger partial charge is 0.273 e. The highest BCUT2D eigenvalue weighted by Crippen LogP contribution is 2.27. The van der Waals surface area contributed by atoms with E-state index < -0.39 is 4.92 Å². The minimum Gasteiger partial charge on any atom is -0.491 e. The van der Waals surface area contributed by atoms with E-state index in [1.54, 1.807) is 13.0 Å². The summed E-state index contributed by atoms with van der Waals surface area (Å²) in [7, 11) is 0. The second kappa shape index (κ2) is 6.96. The Kier molecular flexibility index (Phi) is 5.02. The number of nitrogens with zero attached hydrogens (tertiary/aromatic N) is 4. The highest BCUT2D eigenvalue weighted by Gasteiger charge is 2.14. The molecule has 0 radical (unpaired) electrons. The molecule has 22 heavy (non-hydrogen) atoms. The quantitative estimate of drug-likeness (QED) is 0.562. The van der Waals surface area contributed by atoms with Gasteiger partial charge in [0.25, 0.3) is 5.69 Å². The fourth-order valence-corrected chi connectivity index (χ4v) is 1.82. The van der Waals surface area contributed by atoms with Gasteiger partial charge < -0.3 is 16.2 Å². The predicted octanol–water partition coefficient (Wildman–Crippen LogP) is 0.539. The molecule has 0 saturated carbocycles. The summed E-state index contributed by atoms with van der Waals surface area (Å²) in [6, 6.07) is 4.16. The highest BCUT2D eigenvalue weighted by atomic mass is 16.6. The van der Waals surface area contributed by atoms with E-state index in [0.29, 0.717) is 36.8 Å². The van der Waals surface area contributed by atoms with E-state index in [4.69, 9.17) is 16.2 Å². The third-order valence-corrected chi connectivity index (χ3v) is 3.06. The van der Waals surface area contributed by atoms with E-state index >= 15 is 0 Å². The second-order valence-electron chi connectivity index (χ2n) is 4.78. The summed E-state index contributed by atoms with van der Waals surface area (Å²) in [5.41, 5.74) is 11.7. The van der Waals surface area contributed by atoms with E-state index in [1.165, 1.54) is 23.1 Å². The van der Waals surface area contributed by atoms with E-state index in [-0.39, 0.29) is 11.7 Å². The van der Waals surface area contributed by atoms with Gasteiger partial charge in [-0.1, -0.05) is 0 Å². The molecule has 1 unspecified atom stereocenters. The van der Waals surface area contributed by atoms with Crippen LogP contribution in [0.2, 0.25) is 0 Å². The lowest BCUT2D eigenvalue weighted by Crippen LogP contribution is -2.31. The van der Waals surface area contributed by atoms with Crippen molar-refractivity contribution in [3.63, 3.8) is 0 Å². The van der Waals surface area contributed by atoms with E-state index in [0.717, 1.165) is 0 Å². The van der Waals surface area contributed by atoms with Crippen LogP contribution in [-0.4, -0.2) is 38.9 Å². The number of nitro benzene ring substituents is 1. The summed E-state index contributed by atoms with van der Waals surface area (Å²) < 4.78 is 7.15. The Labute approximate surface area is 127 Å². The van der Waals surface area contributed by atoms with Crippen molar-refractivity contribution in [2.24, 2.45) is 11.5 Å². The maximum absolute atomic E-state index is 10.9. The summed E-state index contributed by atoms with van der Waals surface area (Å²) in [5.74, 6) is 0.942. The van der Waals surface area contributed by atoms with Gasteiger partial charge in [-0.25, -0.2) is 9.67 Å². The van der Waals surface area contributed by atoms with Crippen LogP contribution in [0.3, 0.4) is 0 Å². The van der Waals surface area contributed by atoms with Crippen LogP contribution in [0.25, 0.3) is 5.69 Å². The van der Waals surface area contributed by atoms with E-state index in [9.17, 15) is 10.1 Å². The summed E-state index contributed by atoms with van der Waals surface area (Å²) >= 11 is 0. The molecule has 0 aliphatic carbocycles. The maximum Gasteiger partial charge on any atom is 0.273 e. The number of hydrogen-bond acceptors (Lipinski definition) is 7. The normalized spacial score (nSPS) is 12.1. The molecule has 118 valence electrons. The third-order valence-electron chi connectivity index (χ3n) is 3.06. The number of nitro groups is 1. The molecular formula is C13H18N6O3. The minimum absolute atomic E-state index is 0.0567. The van der Waals surface area contributed by atoms with Crippen molar-refractivity contribution in [3.05, 3.63) is 40.5 Å². The molecule has 0 saturated heterocycles. The fourth-order valence-electron chi connectivity index (χ4n) is 1.82. The third kappa shape index (κ3) is 3.77. The summed E-state index contributed by atoms with van der Waals surface area (Å²) in [6.45, 7) is 2.41. The molecule has 1 aromatic heterocycles. The summed E-state index contributed by atoms with van der Waals surface area (Å²) in [4.78, 5) is 14.5. The predicted molar refractivity (Wildman–Crippen MR) is 79.9 cm³/mol. The van der Waals surface area contributed by atoms with Crippen molar-refractivity contribution in [2.75, 3.05) is 13.2 Å². The van der Waals surface area contributed by atoms with Crippen molar-refractivity contribution in [1.29, 1.82) is 0 Å². The number of nitrogens with two attached hydrogens (primary N) is 2. The lowest BCUT2D eigenvalue weighted by molar-refractivity contribution is -0.384. The number of non-ortho nitro benzene ring substituents is 1. The van der Waals surface area contributed by atoms with Crippen LogP contribution < -0.4 is 16.2 Å². The Bertz CT molecular complexity index is 657. The van der Waals surface area contributed by atoms with Crippen LogP contribution in [0.5, 0.6) is 5.75 Å². The summed E-state index contributed by atoms with van der Waals surface area (Å²) in [6.07, 6.45) is 2.07. The molecule has 2 aromatic rings. The first-order chi connectivity index (χ1) is 10.5. The first-order valence-electron chi connectivity index (χ1n) is 6.76. The minimum atomic E-state index is -0.477. The topological polar surface area (TPSA) is 135 Å². The van der Waals surface area contributed by atoms with Crippen LogP contribution in [0, 0.1) is 17.0 Å². The molecule has 1 aromatic carbocycles. The number of aromatic nitrogens is 3. The standard InChI is InChI=1S/C13H18N6O3/c1-9-16-8-18(17-9)12-3-2-11(19(20)21)6-13(12)22-5-4-10(15)7-14/h2-3,6,8,10H,4-5,7,14-15H2,1H3. The molecule has 0 aliphatic heterocycles. The van der Waals surface area contributed by atoms with Gasteiger partial charge in [0.05, 0.1) is 17.6 Å². The molecule has 0 amide bonds. The van der Waals surface area contributed by atoms with Crippen molar-refractivity contribution >= 4 is 5.69 Å². The van der Waals surface area contributed by atoms with Gasteiger partial charge in [0, 0.05) is 18.7 Å². The van der Waals surface area contributed by atoms with Crippen molar-refractivity contribution in [2.45, 2.75) is 19.4 Å². The molecule has 2 rings (SSSR count). The first kappa shape index (κ1) is 15.9. The van der Waals surface area contributed by atoms with Crippen molar-refractivity contribution in [3.8, 4) is 11.4 Å².